The first-order valence-electron chi connectivity index (χ1n) is 5.70. The van der Waals surface area contributed by atoms with Crippen LogP contribution in [0.25, 0.3) is 0 Å². The molecule has 0 amide bonds. The Labute approximate surface area is 159 Å². The molecular weight excluding hydrogens is 438 g/mol. The van der Waals surface area contributed by atoms with Crippen LogP contribution in [0.3, 0.4) is 0 Å². The van der Waals surface area contributed by atoms with Gasteiger partial charge in [0.15, 0.2) is 0 Å². The van der Waals surface area contributed by atoms with Gasteiger partial charge in [0.05, 0.1) is 0 Å². The van der Waals surface area contributed by atoms with Gasteiger partial charge in [-0.3, -0.25) is 0 Å². The zero-order chi connectivity index (χ0) is 17.0. The second-order valence-electron chi connectivity index (χ2n) is 3.99. The van der Waals surface area contributed by atoms with Crippen LogP contribution in [0.2, 0.25) is 0 Å². The van der Waals surface area contributed by atoms with E-state index < -0.39 is 23.5 Å². The fraction of sp³-hybridized carbons (Fsp3) is 0.143. The van der Waals surface area contributed by atoms with Crippen LogP contribution in [0, 0.1) is 0 Å². The summed E-state index contributed by atoms with van der Waals surface area (Å²) >= 11 is 8.96. The molecule has 0 heterocycles. The van der Waals surface area contributed by atoms with E-state index in [9.17, 15) is 26.3 Å². The van der Waals surface area contributed by atoms with E-state index in [1.165, 1.54) is 36.4 Å². The topological polar surface area (TPSA) is 0 Å². The molecule has 2 aromatic rings. The van der Waals surface area contributed by atoms with Gasteiger partial charge < -0.3 is 25.3 Å². The van der Waals surface area contributed by atoms with Gasteiger partial charge in [0.25, 0.3) is 0 Å². The zero-order valence-corrected chi connectivity index (χ0v) is 15.3. The molecular formula is C14H8F6S2Zr. The minimum atomic E-state index is -4.32. The molecule has 23 heavy (non-hydrogen) atoms. The third kappa shape index (κ3) is 7.18. The Balaban J connectivity index is 0.000000403. The van der Waals surface area contributed by atoms with Gasteiger partial charge in [0, 0.05) is 11.1 Å². The molecule has 0 radical (unpaired) electrons. The minimum absolute atomic E-state index is 0. The molecule has 0 saturated heterocycles. The predicted molar refractivity (Wildman–Crippen MR) is 74.2 cm³/mol. The molecule has 0 bridgehead atoms. The van der Waals surface area contributed by atoms with E-state index >= 15 is 0 Å². The van der Waals surface area contributed by atoms with Crippen molar-refractivity contribution in [2.45, 2.75) is 22.1 Å². The quantitative estimate of drug-likeness (QED) is 0.403. The fourth-order valence-electron chi connectivity index (χ4n) is 1.40. The van der Waals surface area contributed by atoms with Gasteiger partial charge in [0.2, 0.25) is 0 Å². The van der Waals surface area contributed by atoms with Crippen molar-refractivity contribution in [1.29, 1.82) is 0 Å². The van der Waals surface area contributed by atoms with E-state index in [1.54, 1.807) is 0 Å². The first kappa shape index (κ1) is 22.3. The van der Waals surface area contributed by atoms with Crippen LogP contribution in [-0.2, 0) is 63.8 Å². The van der Waals surface area contributed by atoms with Gasteiger partial charge in [-0.1, -0.05) is 48.5 Å². The molecule has 0 nitrogen and oxygen atoms in total. The molecule has 0 aromatic heterocycles. The molecule has 0 unspecified atom stereocenters. The van der Waals surface area contributed by atoms with Gasteiger partial charge in [-0.2, -0.15) is 36.1 Å². The molecule has 0 aliphatic heterocycles. The van der Waals surface area contributed by atoms with Crippen LogP contribution in [0.4, 0.5) is 26.3 Å². The monoisotopic (exact) mass is 444 g/mol. The summed E-state index contributed by atoms with van der Waals surface area (Å²) in [6, 6.07) is 10.1. The smallest absolute Gasteiger partial charge is 0.779 e. The van der Waals surface area contributed by atoms with Crippen molar-refractivity contribution < 1.29 is 52.5 Å². The Hall–Kier alpha value is -0.657. The van der Waals surface area contributed by atoms with Crippen LogP contribution in [-0.4, -0.2) is 0 Å². The molecule has 0 fully saturated rings. The van der Waals surface area contributed by atoms with Crippen LogP contribution in [0.15, 0.2) is 58.3 Å². The van der Waals surface area contributed by atoms with Crippen molar-refractivity contribution >= 4 is 25.3 Å². The molecule has 0 aliphatic carbocycles. The van der Waals surface area contributed by atoms with E-state index in [4.69, 9.17) is 0 Å². The Morgan fingerprint density at radius 3 is 1.00 bits per heavy atom. The number of benzene rings is 2. The van der Waals surface area contributed by atoms with Gasteiger partial charge in [-0.25, -0.2) is 0 Å². The van der Waals surface area contributed by atoms with Crippen molar-refractivity contribution in [3.05, 3.63) is 59.7 Å². The Bertz CT molecular complexity index is 570. The SMILES string of the molecule is FC(F)(F)c1ccccc1[S-].FC(F)(F)c1ccccc1[S-].[Zr+2]. The van der Waals surface area contributed by atoms with Crippen LogP contribution in [0.1, 0.15) is 11.1 Å². The summed E-state index contributed by atoms with van der Waals surface area (Å²) in [5.41, 5.74) is -1.48. The van der Waals surface area contributed by atoms with Crippen LogP contribution >= 0.6 is 0 Å². The number of hydrogen-bond donors (Lipinski definition) is 0. The van der Waals surface area contributed by atoms with E-state index in [0.29, 0.717) is 0 Å². The normalized spacial score (nSPS) is 11.0. The molecule has 0 aliphatic rings. The summed E-state index contributed by atoms with van der Waals surface area (Å²) < 4.78 is 71.9. The van der Waals surface area contributed by atoms with Crippen LogP contribution in [0.5, 0.6) is 0 Å². The van der Waals surface area contributed by atoms with Crippen molar-refractivity contribution in [2.75, 3.05) is 0 Å². The van der Waals surface area contributed by atoms with Crippen LogP contribution < -0.4 is 0 Å². The second-order valence-corrected chi connectivity index (χ2v) is 4.87. The van der Waals surface area contributed by atoms with Crippen molar-refractivity contribution in [3.63, 3.8) is 0 Å². The van der Waals surface area contributed by atoms with Crippen molar-refractivity contribution in [3.8, 4) is 0 Å². The van der Waals surface area contributed by atoms with Crippen molar-refractivity contribution in [1.82, 2.24) is 0 Å². The maximum atomic E-state index is 12.0. The average molecular weight is 446 g/mol. The predicted octanol–water partition coefficient (Wildman–Crippen LogP) is 5.22. The largest absolute Gasteiger partial charge is 2.00 e. The maximum Gasteiger partial charge on any atom is 2.00 e. The third-order valence-electron chi connectivity index (χ3n) is 2.38. The summed E-state index contributed by atoms with van der Waals surface area (Å²) in [5, 5.41) is 0. The molecule has 122 valence electrons. The van der Waals surface area contributed by atoms with Gasteiger partial charge in [0.1, 0.15) is 0 Å². The number of rotatable bonds is 0. The Morgan fingerprint density at radius 1 is 0.565 bits per heavy atom. The summed E-state index contributed by atoms with van der Waals surface area (Å²) in [6.45, 7) is 0. The summed E-state index contributed by atoms with van der Waals surface area (Å²) in [5.74, 6) is 0. The summed E-state index contributed by atoms with van der Waals surface area (Å²) in [4.78, 5) is -0.306. The minimum Gasteiger partial charge on any atom is -0.779 e. The fourth-order valence-corrected chi connectivity index (χ4v) is 1.93. The summed E-state index contributed by atoms with van der Waals surface area (Å²) in [6.07, 6.45) is -8.64. The van der Waals surface area contributed by atoms with E-state index in [1.807, 2.05) is 0 Å². The van der Waals surface area contributed by atoms with E-state index in [0.717, 1.165) is 12.1 Å². The number of halogens is 6. The van der Waals surface area contributed by atoms with E-state index in [2.05, 4.69) is 25.3 Å². The zero-order valence-electron chi connectivity index (χ0n) is 11.2. The van der Waals surface area contributed by atoms with Crippen molar-refractivity contribution in [2.24, 2.45) is 0 Å². The van der Waals surface area contributed by atoms with E-state index in [-0.39, 0.29) is 36.0 Å². The third-order valence-corrected chi connectivity index (χ3v) is 3.10. The Kier molecular flexibility index (Phi) is 8.73. The molecule has 2 aromatic carbocycles. The van der Waals surface area contributed by atoms with Gasteiger partial charge in [-0.15, -0.1) is 0 Å². The molecule has 2 rings (SSSR count). The summed E-state index contributed by atoms with van der Waals surface area (Å²) in [7, 11) is 0. The second kappa shape index (κ2) is 8.99. The molecule has 0 saturated carbocycles. The first-order valence-corrected chi connectivity index (χ1v) is 6.51. The maximum absolute atomic E-state index is 12.0. The first-order chi connectivity index (χ1) is 10.0. The Morgan fingerprint density at radius 2 is 0.826 bits per heavy atom. The van der Waals surface area contributed by atoms with Gasteiger partial charge >= 0.3 is 38.6 Å². The molecule has 0 atom stereocenters. The molecule has 0 N–H and O–H groups in total. The number of hydrogen-bond acceptors (Lipinski definition) is 2. The molecule has 0 spiro atoms. The van der Waals surface area contributed by atoms with Gasteiger partial charge in [-0.05, 0) is 0 Å². The standard InChI is InChI=1S/2C7H5F3S.Zr/c2*8-7(9,10)5-3-1-2-4-6(5)11;/h2*1-4,11H;/q;;+2/p-2. The number of alkyl halides is 6. The molecule has 9 heteroatoms. The average Bonchev–Trinajstić information content (AvgIpc) is 2.37.